The van der Waals surface area contributed by atoms with Gasteiger partial charge in [-0.2, -0.15) is 0 Å². The summed E-state index contributed by atoms with van der Waals surface area (Å²) in [7, 11) is -2.04. The summed E-state index contributed by atoms with van der Waals surface area (Å²) >= 11 is 3.28. The van der Waals surface area contributed by atoms with E-state index in [9.17, 15) is 13.2 Å². The van der Waals surface area contributed by atoms with Gasteiger partial charge in [-0.05, 0) is 64.3 Å². The van der Waals surface area contributed by atoms with Gasteiger partial charge in [0.1, 0.15) is 4.90 Å². The number of amides is 2. The van der Waals surface area contributed by atoms with Gasteiger partial charge < -0.3 is 10.2 Å². The van der Waals surface area contributed by atoms with Gasteiger partial charge >= 0.3 is 6.03 Å². The molecule has 1 aliphatic rings. The van der Waals surface area contributed by atoms with E-state index >= 15 is 0 Å². The van der Waals surface area contributed by atoms with Crippen LogP contribution in [0.5, 0.6) is 0 Å². The van der Waals surface area contributed by atoms with Crippen molar-refractivity contribution in [3.05, 3.63) is 52.0 Å². The van der Waals surface area contributed by atoms with Crippen molar-refractivity contribution in [3.8, 4) is 0 Å². The summed E-state index contributed by atoms with van der Waals surface area (Å²) in [6, 6.07) is 10.0. The quantitative estimate of drug-likeness (QED) is 0.813. The van der Waals surface area contributed by atoms with Gasteiger partial charge in [-0.3, -0.25) is 4.72 Å². The van der Waals surface area contributed by atoms with E-state index in [-0.39, 0.29) is 10.9 Å². The van der Waals surface area contributed by atoms with Crippen LogP contribution in [-0.2, 0) is 16.6 Å². The number of hydrogen-bond donors (Lipinski definition) is 2. The van der Waals surface area contributed by atoms with Crippen LogP contribution in [0.25, 0.3) is 0 Å². The molecule has 0 saturated heterocycles. The number of sulfonamides is 1. The highest BCUT2D eigenvalue weighted by Gasteiger charge is 2.22. The number of carbonyl (C=O) groups excluding carboxylic acids is 1. The van der Waals surface area contributed by atoms with E-state index in [2.05, 4.69) is 26.0 Å². The molecule has 3 rings (SSSR count). The number of fused-ring (bicyclic) bond motifs is 1. The topological polar surface area (TPSA) is 78.5 Å². The molecule has 0 spiro atoms. The maximum atomic E-state index is 12.6. The zero-order chi connectivity index (χ0) is 17.5. The van der Waals surface area contributed by atoms with Gasteiger partial charge in [-0.1, -0.05) is 6.07 Å². The van der Waals surface area contributed by atoms with Crippen molar-refractivity contribution in [3.63, 3.8) is 0 Å². The molecule has 2 amide bonds. The Morgan fingerprint density at radius 2 is 1.96 bits per heavy atom. The summed E-state index contributed by atoms with van der Waals surface area (Å²) in [4.78, 5) is 13.3. The Kier molecular flexibility index (Phi) is 4.27. The number of hydrogen-bond acceptors (Lipinski definition) is 3. The summed E-state index contributed by atoms with van der Waals surface area (Å²) in [5, 5.41) is 2.75. The van der Waals surface area contributed by atoms with Gasteiger partial charge in [0.05, 0.1) is 0 Å². The monoisotopic (exact) mass is 409 g/mol. The smallest absolute Gasteiger partial charge is 0.321 e. The molecule has 2 aromatic rings. The molecule has 1 aliphatic heterocycles. The molecule has 0 fully saturated rings. The van der Waals surface area contributed by atoms with Crippen molar-refractivity contribution in [2.24, 2.45) is 0 Å². The molecule has 0 radical (unpaired) electrons. The molecule has 0 aromatic heterocycles. The number of nitrogens with zero attached hydrogens (tertiary/aromatic N) is 1. The molecular weight excluding hydrogens is 394 g/mol. The Hall–Kier alpha value is -2.06. The van der Waals surface area contributed by atoms with Crippen molar-refractivity contribution in [1.82, 2.24) is 4.90 Å². The van der Waals surface area contributed by atoms with Gasteiger partial charge in [-0.25, -0.2) is 13.2 Å². The lowest BCUT2D eigenvalue weighted by molar-refractivity contribution is 0.218. The van der Waals surface area contributed by atoms with E-state index in [1.807, 2.05) is 13.0 Å². The summed E-state index contributed by atoms with van der Waals surface area (Å²) in [6.07, 6.45) is 0. The lowest BCUT2D eigenvalue weighted by Gasteiger charge is -2.26. The molecule has 0 saturated carbocycles. The van der Waals surface area contributed by atoms with Crippen LogP contribution in [0.15, 0.2) is 45.8 Å². The number of halogens is 1. The van der Waals surface area contributed by atoms with Crippen molar-refractivity contribution in [1.29, 1.82) is 0 Å². The Labute approximate surface area is 149 Å². The minimum absolute atomic E-state index is 0.181. The van der Waals surface area contributed by atoms with E-state index in [1.54, 1.807) is 37.4 Å². The van der Waals surface area contributed by atoms with Crippen molar-refractivity contribution in [2.75, 3.05) is 17.1 Å². The fourth-order valence-electron chi connectivity index (χ4n) is 2.47. The molecule has 0 unspecified atom stereocenters. The minimum atomic E-state index is -3.72. The number of benzene rings is 2. The third-order valence-electron chi connectivity index (χ3n) is 3.73. The third kappa shape index (κ3) is 3.25. The van der Waals surface area contributed by atoms with Gasteiger partial charge in [0.15, 0.2) is 0 Å². The van der Waals surface area contributed by atoms with Crippen molar-refractivity contribution in [2.45, 2.75) is 18.4 Å². The van der Waals surface area contributed by atoms with Crippen LogP contribution in [0.1, 0.15) is 11.1 Å². The molecule has 0 bridgehead atoms. The van der Waals surface area contributed by atoms with Crippen LogP contribution in [0, 0.1) is 6.92 Å². The molecule has 126 valence electrons. The predicted molar refractivity (Wildman–Crippen MR) is 96.6 cm³/mol. The first-order valence-electron chi connectivity index (χ1n) is 7.20. The highest BCUT2D eigenvalue weighted by atomic mass is 79.9. The fraction of sp³-hybridized carbons (Fsp3) is 0.188. The highest BCUT2D eigenvalue weighted by Crippen LogP contribution is 2.29. The lowest BCUT2D eigenvalue weighted by Crippen LogP contribution is -2.35. The van der Waals surface area contributed by atoms with Crippen LogP contribution in [-0.4, -0.2) is 26.4 Å². The molecule has 24 heavy (non-hydrogen) atoms. The number of carbonyl (C=O) groups is 1. The van der Waals surface area contributed by atoms with Crippen LogP contribution >= 0.6 is 15.9 Å². The standard InChI is InChI=1S/C16H16BrN3O3S/c1-10-3-5-13(17)15(7-10)24(22,23)19-12-4-6-14-11(8-12)9-20(2)16(21)18-14/h3-8,19H,9H2,1-2H3,(H,18,21). The minimum Gasteiger partial charge on any atom is -0.323 e. The van der Waals surface area contributed by atoms with Crippen LogP contribution in [0.2, 0.25) is 0 Å². The fourth-order valence-corrected chi connectivity index (χ4v) is 4.57. The second-order valence-electron chi connectivity index (χ2n) is 5.70. The summed E-state index contributed by atoms with van der Waals surface area (Å²) in [5.74, 6) is 0. The van der Waals surface area contributed by atoms with Gasteiger partial charge in [0.25, 0.3) is 10.0 Å². The van der Waals surface area contributed by atoms with Gasteiger partial charge in [0, 0.05) is 29.4 Å². The van der Waals surface area contributed by atoms with Gasteiger partial charge in [0.2, 0.25) is 0 Å². The van der Waals surface area contributed by atoms with E-state index in [4.69, 9.17) is 0 Å². The molecule has 2 aromatic carbocycles. The molecule has 0 atom stereocenters. The number of rotatable bonds is 3. The summed E-state index contributed by atoms with van der Waals surface area (Å²) in [5.41, 5.74) is 2.85. The van der Waals surface area contributed by atoms with E-state index in [0.717, 1.165) is 11.1 Å². The van der Waals surface area contributed by atoms with Crippen molar-refractivity contribution < 1.29 is 13.2 Å². The predicted octanol–water partition coefficient (Wildman–Crippen LogP) is 3.54. The maximum absolute atomic E-state index is 12.6. The molecule has 6 nitrogen and oxygen atoms in total. The highest BCUT2D eigenvalue weighted by molar-refractivity contribution is 9.10. The SMILES string of the molecule is Cc1ccc(Br)c(S(=O)(=O)Nc2ccc3c(c2)CN(C)C(=O)N3)c1. The largest absolute Gasteiger partial charge is 0.323 e. The number of aryl methyl sites for hydroxylation is 1. The Bertz CT molecular complexity index is 928. The molecule has 1 heterocycles. The zero-order valence-corrected chi connectivity index (χ0v) is 15.5. The molecule has 0 aliphatic carbocycles. The third-order valence-corrected chi connectivity index (χ3v) is 6.10. The van der Waals surface area contributed by atoms with E-state index in [0.29, 0.717) is 22.4 Å². The molecule has 2 N–H and O–H groups in total. The number of nitrogens with one attached hydrogen (secondary N) is 2. The Morgan fingerprint density at radius 3 is 2.71 bits per heavy atom. The van der Waals surface area contributed by atoms with Crippen LogP contribution in [0.3, 0.4) is 0 Å². The molecular formula is C16H16BrN3O3S. The van der Waals surface area contributed by atoms with Gasteiger partial charge in [-0.15, -0.1) is 0 Å². The number of anilines is 2. The lowest BCUT2D eigenvalue weighted by atomic mass is 10.1. The number of urea groups is 1. The zero-order valence-electron chi connectivity index (χ0n) is 13.1. The second kappa shape index (κ2) is 6.10. The Morgan fingerprint density at radius 1 is 1.21 bits per heavy atom. The summed E-state index contributed by atoms with van der Waals surface area (Å²) in [6.45, 7) is 2.26. The Balaban J connectivity index is 1.92. The van der Waals surface area contributed by atoms with Crippen molar-refractivity contribution >= 4 is 43.4 Å². The second-order valence-corrected chi connectivity index (χ2v) is 8.20. The first-order chi connectivity index (χ1) is 11.3. The van der Waals surface area contributed by atoms with E-state index < -0.39 is 10.0 Å². The summed E-state index contributed by atoms with van der Waals surface area (Å²) < 4.78 is 28.4. The average Bonchev–Trinajstić information content (AvgIpc) is 2.50. The first kappa shape index (κ1) is 16.8. The van der Waals surface area contributed by atoms with Crippen LogP contribution in [0.4, 0.5) is 16.2 Å². The first-order valence-corrected chi connectivity index (χ1v) is 9.48. The average molecular weight is 410 g/mol. The normalized spacial score (nSPS) is 14.1. The molecule has 8 heteroatoms. The maximum Gasteiger partial charge on any atom is 0.321 e. The van der Waals surface area contributed by atoms with Crippen LogP contribution < -0.4 is 10.0 Å². The van der Waals surface area contributed by atoms with E-state index in [1.165, 1.54) is 4.90 Å².